The monoisotopic (exact) mass is 630 g/mol. The lowest BCUT2D eigenvalue weighted by Crippen LogP contribution is -1.92. The first-order valence-corrected chi connectivity index (χ1v) is 16.2. The van der Waals surface area contributed by atoms with Crippen LogP contribution in [0.4, 0.5) is 0 Å². The first kappa shape index (κ1) is 20.7. The Morgan fingerprint density at radius 2 is 0.959 bits per heavy atom. The zero-order chi connectivity index (χ0) is 39.3. The molecular weight excluding hydrogens is 593 g/mol. The van der Waals surface area contributed by atoms with Gasteiger partial charge in [-0.3, -0.25) is 0 Å². The van der Waals surface area contributed by atoms with Crippen LogP contribution in [0.15, 0.2) is 186 Å². The smallest absolute Gasteiger partial charge is 0.136 e. The molecule has 0 radical (unpaired) electrons. The molecule has 1 aromatic heterocycles. The molecule has 0 bridgehead atoms. The van der Waals surface area contributed by atoms with E-state index in [9.17, 15) is 4.11 Å². The molecule has 228 valence electrons. The molecule has 0 aliphatic carbocycles. The van der Waals surface area contributed by atoms with E-state index < -0.39 is 30.2 Å². The van der Waals surface area contributed by atoms with E-state index in [1.165, 1.54) is 0 Å². The van der Waals surface area contributed by atoms with E-state index in [4.69, 9.17) is 11.3 Å². The van der Waals surface area contributed by atoms with Gasteiger partial charge in [0.1, 0.15) is 11.2 Å². The lowest BCUT2D eigenvalue weighted by Gasteiger charge is -2.19. The van der Waals surface area contributed by atoms with Gasteiger partial charge in [0, 0.05) is 10.8 Å². The quantitative estimate of drug-likeness (QED) is 0.176. The highest BCUT2D eigenvalue weighted by Gasteiger charge is 2.19. The standard InChI is InChI=1S/C48H30O/c1-3-13-31(14-4-1)37-25-23-35(28-43(37)32-15-5-2-6-16-32)47-39-19-9-11-21-41(39)48(42-22-12-10-20-40(42)47)36-24-26-38-44-27-33-17-7-8-18-34(33)29-46(44)49-45(38)30-36/h1-30H/i1D,3D,4D,13D,14D,23D,25D,28D. The van der Waals surface area contributed by atoms with Crippen molar-refractivity contribution >= 4 is 54.3 Å². The lowest BCUT2D eigenvalue weighted by molar-refractivity contribution is 0.669. The van der Waals surface area contributed by atoms with E-state index in [-0.39, 0.29) is 40.4 Å². The summed E-state index contributed by atoms with van der Waals surface area (Å²) in [7, 11) is 0. The maximum atomic E-state index is 9.94. The molecule has 0 saturated heterocycles. The summed E-state index contributed by atoms with van der Waals surface area (Å²) in [6.07, 6.45) is 0. The molecule has 10 rings (SSSR count). The van der Waals surface area contributed by atoms with Crippen LogP contribution in [-0.2, 0) is 0 Å². The van der Waals surface area contributed by atoms with Gasteiger partial charge in [0.15, 0.2) is 0 Å². The molecule has 49 heavy (non-hydrogen) atoms. The van der Waals surface area contributed by atoms with Gasteiger partial charge >= 0.3 is 0 Å². The Bertz CT molecular complexity index is 3250. The molecular formula is C48H30O. The Labute approximate surface area is 295 Å². The fourth-order valence-electron chi connectivity index (χ4n) is 7.24. The Kier molecular flexibility index (Phi) is 4.69. The predicted molar refractivity (Wildman–Crippen MR) is 208 cm³/mol. The van der Waals surface area contributed by atoms with Crippen molar-refractivity contribution < 1.29 is 15.4 Å². The van der Waals surface area contributed by atoms with Crippen LogP contribution in [0.25, 0.3) is 98.8 Å². The predicted octanol–water partition coefficient (Wildman–Crippen LogP) is 13.7. The molecule has 0 aliphatic rings. The summed E-state index contributed by atoms with van der Waals surface area (Å²) in [6, 6.07) is 40.2. The van der Waals surface area contributed by atoms with Crippen molar-refractivity contribution in [2.75, 3.05) is 0 Å². The molecule has 0 unspecified atom stereocenters. The van der Waals surface area contributed by atoms with Gasteiger partial charge in [-0.15, -0.1) is 0 Å². The third-order valence-electron chi connectivity index (χ3n) is 9.43. The Morgan fingerprint density at radius 3 is 1.65 bits per heavy atom. The average molecular weight is 631 g/mol. The number of hydrogen-bond acceptors (Lipinski definition) is 1. The molecule has 1 heterocycles. The van der Waals surface area contributed by atoms with Gasteiger partial charge in [-0.2, -0.15) is 0 Å². The van der Waals surface area contributed by atoms with Gasteiger partial charge < -0.3 is 4.42 Å². The van der Waals surface area contributed by atoms with Gasteiger partial charge in [-0.25, -0.2) is 0 Å². The first-order chi connectivity index (χ1) is 27.6. The van der Waals surface area contributed by atoms with Gasteiger partial charge in [0.05, 0.1) is 11.0 Å². The molecule has 0 N–H and O–H groups in total. The highest BCUT2D eigenvalue weighted by Crippen LogP contribution is 2.46. The maximum Gasteiger partial charge on any atom is 0.136 e. The van der Waals surface area contributed by atoms with Crippen LogP contribution in [-0.4, -0.2) is 0 Å². The van der Waals surface area contributed by atoms with E-state index in [2.05, 4.69) is 42.5 Å². The number of hydrogen-bond donors (Lipinski definition) is 0. The molecule has 10 aromatic rings. The van der Waals surface area contributed by atoms with Crippen LogP contribution in [0.2, 0.25) is 0 Å². The minimum absolute atomic E-state index is 0.0470. The van der Waals surface area contributed by atoms with Crippen molar-refractivity contribution in [1.29, 1.82) is 0 Å². The molecule has 9 aromatic carbocycles. The van der Waals surface area contributed by atoms with Gasteiger partial charge in [-0.1, -0.05) is 151 Å². The Balaban J connectivity index is 1.29. The molecule has 0 aliphatic heterocycles. The van der Waals surface area contributed by atoms with E-state index in [0.29, 0.717) is 11.1 Å². The van der Waals surface area contributed by atoms with Gasteiger partial charge in [0.25, 0.3) is 0 Å². The zero-order valence-electron chi connectivity index (χ0n) is 34.1. The largest absolute Gasteiger partial charge is 0.456 e. The van der Waals surface area contributed by atoms with E-state index >= 15 is 0 Å². The Hall–Kier alpha value is -6.44. The summed E-state index contributed by atoms with van der Waals surface area (Å²) in [6.45, 7) is 0. The topological polar surface area (TPSA) is 13.1 Å². The molecule has 0 saturated carbocycles. The molecule has 0 atom stereocenters. The van der Waals surface area contributed by atoms with Crippen molar-refractivity contribution in [3.8, 4) is 44.5 Å². The highest BCUT2D eigenvalue weighted by atomic mass is 16.3. The number of benzene rings is 9. The third-order valence-corrected chi connectivity index (χ3v) is 9.43. The van der Waals surface area contributed by atoms with Gasteiger partial charge in [-0.05, 0) is 107 Å². The van der Waals surface area contributed by atoms with Crippen molar-refractivity contribution in [1.82, 2.24) is 0 Å². The third kappa shape index (κ3) is 4.47. The fraction of sp³-hybridized carbons (Fsp3) is 0. The second-order valence-electron chi connectivity index (χ2n) is 12.2. The van der Waals surface area contributed by atoms with Crippen molar-refractivity contribution in [3.63, 3.8) is 0 Å². The summed E-state index contributed by atoms with van der Waals surface area (Å²) in [5.74, 6) is 0. The molecule has 1 heteroatoms. The summed E-state index contributed by atoms with van der Waals surface area (Å²) < 4.78 is 78.3. The number of rotatable bonds is 4. The van der Waals surface area contributed by atoms with Crippen LogP contribution in [0.3, 0.4) is 0 Å². The highest BCUT2D eigenvalue weighted by molar-refractivity contribution is 6.22. The van der Waals surface area contributed by atoms with E-state index in [1.807, 2.05) is 66.7 Å². The van der Waals surface area contributed by atoms with E-state index in [0.717, 1.165) is 65.4 Å². The summed E-state index contributed by atoms with van der Waals surface area (Å²) in [5, 5.41) is 7.61. The molecule has 0 fully saturated rings. The van der Waals surface area contributed by atoms with Crippen molar-refractivity contribution in [2.45, 2.75) is 0 Å². The Morgan fingerprint density at radius 1 is 0.367 bits per heavy atom. The second-order valence-corrected chi connectivity index (χ2v) is 12.2. The average Bonchev–Trinajstić information content (AvgIpc) is 3.59. The van der Waals surface area contributed by atoms with Crippen LogP contribution >= 0.6 is 0 Å². The van der Waals surface area contributed by atoms with Crippen LogP contribution in [0.5, 0.6) is 0 Å². The van der Waals surface area contributed by atoms with Gasteiger partial charge in [0.2, 0.25) is 0 Å². The molecule has 0 amide bonds. The van der Waals surface area contributed by atoms with Crippen LogP contribution in [0.1, 0.15) is 11.0 Å². The number of fused-ring (bicyclic) bond motifs is 6. The summed E-state index contributed by atoms with van der Waals surface area (Å²) in [5.41, 5.74) is 4.76. The van der Waals surface area contributed by atoms with Crippen LogP contribution < -0.4 is 0 Å². The lowest BCUT2D eigenvalue weighted by atomic mass is 9.84. The minimum atomic E-state index is -0.554. The number of furan rings is 1. The normalized spacial score (nSPS) is 14.0. The minimum Gasteiger partial charge on any atom is -0.456 e. The second kappa shape index (κ2) is 11.1. The van der Waals surface area contributed by atoms with Crippen molar-refractivity contribution in [3.05, 3.63) is 182 Å². The summed E-state index contributed by atoms with van der Waals surface area (Å²) in [4.78, 5) is 0. The summed E-state index contributed by atoms with van der Waals surface area (Å²) >= 11 is 0. The first-order valence-electron chi connectivity index (χ1n) is 20.2. The fourth-order valence-corrected chi connectivity index (χ4v) is 7.24. The van der Waals surface area contributed by atoms with Crippen LogP contribution in [0, 0.1) is 0 Å². The molecule has 1 nitrogen and oxygen atoms in total. The van der Waals surface area contributed by atoms with E-state index in [1.54, 1.807) is 24.3 Å². The maximum absolute atomic E-state index is 9.94. The van der Waals surface area contributed by atoms with Crippen molar-refractivity contribution in [2.24, 2.45) is 0 Å². The molecule has 0 spiro atoms. The SMILES string of the molecule is [2H]c1c([2H])c([2H])c(-c2c([2H])c([2H])c(-c3c4ccccc4c(-c4ccc5c(c4)oc4cc6ccccc6cc45)c4ccccc34)c([2H])c2-c2ccccc2)c([2H])c1[2H]. The zero-order valence-corrected chi connectivity index (χ0v) is 26.1.